The zero-order valence-electron chi connectivity index (χ0n) is 25.5. The smallest absolute Gasteiger partial charge is 0.338 e. The van der Waals surface area contributed by atoms with Gasteiger partial charge >= 0.3 is 5.97 Å². The van der Waals surface area contributed by atoms with Gasteiger partial charge in [-0.1, -0.05) is 12.1 Å². The van der Waals surface area contributed by atoms with Crippen LogP contribution in [0.2, 0.25) is 0 Å². The van der Waals surface area contributed by atoms with E-state index in [1.807, 2.05) is 12.1 Å². The van der Waals surface area contributed by atoms with E-state index >= 15 is 0 Å². The molecule has 3 aromatic carbocycles. The number of aliphatic hydroxyl groups is 2. The van der Waals surface area contributed by atoms with Gasteiger partial charge in [-0.2, -0.15) is 0 Å². The fourth-order valence-corrected chi connectivity index (χ4v) is 5.11. The summed E-state index contributed by atoms with van der Waals surface area (Å²) in [5.74, 6) is 2.65. The summed E-state index contributed by atoms with van der Waals surface area (Å²) in [4.78, 5) is 12.8. The SMILES string of the molecule is COCC(O)COc1ccc(OCC(O)COc2ccc(C(=O)OC3CCC(c4ccc(OCC5CO5)cc4)CC3)cc2)cc1. The Bertz CT molecular complexity index is 1300. The van der Waals surface area contributed by atoms with Crippen molar-refractivity contribution in [3.8, 4) is 23.0 Å². The van der Waals surface area contributed by atoms with E-state index in [9.17, 15) is 15.0 Å². The van der Waals surface area contributed by atoms with Crippen LogP contribution in [0, 0.1) is 0 Å². The summed E-state index contributed by atoms with van der Waals surface area (Å²) in [5, 5.41) is 20.0. The summed E-state index contributed by atoms with van der Waals surface area (Å²) >= 11 is 0. The second-order valence-corrected chi connectivity index (χ2v) is 11.4. The van der Waals surface area contributed by atoms with Gasteiger partial charge in [0.25, 0.3) is 0 Å². The Kier molecular flexibility index (Phi) is 11.9. The second kappa shape index (κ2) is 16.5. The fraction of sp³-hybridized carbons (Fsp3) is 0.457. The number of carbonyl (C=O) groups excluding carboxylic acids is 1. The molecule has 3 aromatic rings. The molecule has 1 aliphatic heterocycles. The molecule has 0 amide bonds. The lowest BCUT2D eigenvalue weighted by Gasteiger charge is -2.28. The highest BCUT2D eigenvalue weighted by Crippen LogP contribution is 2.35. The summed E-state index contributed by atoms with van der Waals surface area (Å²) < 4.78 is 38.4. The van der Waals surface area contributed by atoms with Gasteiger partial charge in [0.2, 0.25) is 0 Å². The quantitative estimate of drug-likeness (QED) is 0.164. The van der Waals surface area contributed by atoms with Crippen LogP contribution >= 0.6 is 0 Å². The van der Waals surface area contributed by atoms with E-state index in [0.717, 1.165) is 38.0 Å². The van der Waals surface area contributed by atoms with Gasteiger partial charge in [-0.05, 0) is 97.8 Å². The average Bonchev–Trinajstić information content (AvgIpc) is 3.91. The lowest BCUT2D eigenvalue weighted by molar-refractivity contribution is 0.0195. The first-order valence-corrected chi connectivity index (χ1v) is 15.4. The van der Waals surface area contributed by atoms with Crippen LogP contribution in [-0.4, -0.2) is 87.3 Å². The maximum atomic E-state index is 12.8. The van der Waals surface area contributed by atoms with Crippen LogP contribution in [0.25, 0.3) is 0 Å². The number of hydrogen-bond donors (Lipinski definition) is 2. The van der Waals surface area contributed by atoms with E-state index in [0.29, 0.717) is 35.3 Å². The van der Waals surface area contributed by atoms with Crippen molar-refractivity contribution in [2.45, 2.75) is 56.0 Å². The lowest BCUT2D eigenvalue weighted by Crippen LogP contribution is -2.25. The van der Waals surface area contributed by atoms with Crippen LogP contribution in [0.15, 0.2) is 72.8 Å². The van der Waals surface area contributed by atoms with Crippen LogP contribution in [0.1, 0.15) is 47.5 Å². The van der Waals surface area contributed by atoms with Crippen LogP contribution < -0.4 is 18.9 Å². The summed E-state index contributed by atoms with van der Waals surface area (Å²) in [6.45, 7) is 1.77. The topological polar surface area (TPSA) is 125 Å². The third kappa shape index (κ3) is 10.6. The van der Waals surface area contributed by atoms with Gasteiger partial charge in [0, 0.05) is 7.11 Å². The highest BCUT2D eigenvalue weighted by Gasteiger charge is 2.26. The van der Waals surface area contributed by atoms with Crippen molar-refractivity contribution in [2.75, 3.05) is 46.8 Å². The van der Waals surface area contributed by atoms with Crippen molar-refractivity contribution in [2.24, 2.45) is 0 Å². The molecule has 3 unspecified atom stereocenters. The molecule has 3 atom stereocenters. The molecule has 0 aromatic heterocycles. The van der Waals surface area contributed by atoms with Gasteiger partial charge in [-0.3, -0.25) is 0 Å². The molecule has 0 radical (unpaired) electrons. The monoisotopic (exact) mass is 622 g/mol. The third-order valence-corrected chi connectivity index (χ3v) is 7.74. The molecule has 1 heterocycles. The molecule has 5 rings (SSSR count). The molecule has 1 saturated heterocycles. The molecule has 2 aliphatic rings. The van der Waals surface area contributed by atoms with Gasteiger partial charge in [-0.15, -0.1) is 0 Å². The minimum atomic E-state index is -0.862. The normalized spacial score (nSPS) is 20.5. The molecule has 1 saturated carbocycles. The molecule has 0 bridgehead atoms. The molecular weight excluding hydrogens is 580 g/mol. The highest BCUT2D eigenvalue weighted by atomic mass is 16.6. The van der Waals surface area contributed by atoms with Crippen molar-refractivity contribution >= 4 is 5.97 Å². The molecule has 45 heavy (non-hydrogen) atoms. The Morgan fingerprint density at radius 3 is 1.69 bits per heavy atom. The Balaban J connectivity index is 0.969. The number of esters is 1. The van der Waals surface area contributed by atoms with Crippen molar-refractivity contribution in [3.63, 3.8) is 0 Å². The van der Waals surface area contributed by atoms with Crippen molar-refractivity contribution in [3.05, 3.63) is 83.9 Å². The van der Waals surface area contributed by atoms with Crippen molar-refractivity contribution in [1.82, 2.24) is 0 Å². The van der Waals surface area contributed by atoms with E-state index in [2.05, 4.69) is 12.1 Å². The molecule has 242 valence electrons. The molecule has 0 spiro atoms. The Morgan fingerprint density at radius 1 is 0.711 bits per heavy atom. The van der Waals surface area contributed by atoms with Crippen LogP contribution in [0.4, 0.5) is 0 Å². The first kappa shape index (κ1) is 32.6. The number of hydrogen-bond acceptors (Lipinski definition) is 10. The summed E-state index contributed by atoms with van der Waals surface area (Å²) in [6, 6.07) is 21.9. The predicted molar refractivity (Wildman–Crippen MR) is 165 cm³/mol. The number of methoxy groups -OCH3 is 1. The number of benzene rings is 3. The summed E-state index contributed by atoms with van der Waals surface area (Å²) in [6.07, 6.45) is 2.16. The van der Waals surface area contributed by atoms with E-state index in [1.165, 1.54) is 12.7 Å². The highest BCUT2D eigenvalue weighted by molar-refractivity contribution is 5.89. The zero-order chi connectivity index (χ0) is 31.4. The number of rotatable bonds is 17. The first-order valence-electron chi connectivity index (χ1n) is 15.4. The number of ether oxygens (including phenoxy) is 7. The number of epoxide rings is 1. The Hall–Kier alpha value is -3.83. The predicted octanol–water partition coefficient (Wildman–Crippen LogP) is 4.55. The number of carbonyl (C=O) groups is 1. The Morgan fingerprint density at radius 2 is 1.18 bits per heavy atom. The second-order valence-electron chi connectivity index (χ2n) is 11.4. The first-order chi connectivity index (χ1) is 21.9. The van der Waals surface area contributed by atoms with Gasteiger partial charge in [-0.25, -0.2) is 4.79 Å². The van der Waals surface area contributed by atoms with Gasteiger partial charge in [0.05, 0.1) is 18.8 Å². The maximum absolute atomic E-state index is 12.8. The standard InChI is InChI=1S/C35H42O10/c1-39-18-27(36)19-40-31-14-16-32(17-15-31)42-21-28(37)20-41-29-10-6-26(7-11-29)35(38)45-33-12-4-25(5-13-33)24-2-8-30(9-3-24)43-22-34-23-44-34/h2-3,6-11,14-17,25,27-28,33-34,36-37H,4-5,12-13,18-23H2,1H3. The van der Waals surface area contributed by atoms with Gasteiger partial charge in [0.1, 0.15) is 73.8 Å². The minimum absolute atomic E-state index is 0.0246. The van der Waals surface area contributed by atoms with Crippen molar-refractivity contribution < 1.29 is 48.2 Å². The molecule has 1 aliphatic carbocycles. The molecule has 10 nitrogen and oxygen atoms in total. The number of aliphatic hydroxyl groups excluding tert-OH is 2. The van der Waals surface area contributed by atoms with E-state index in [1.54, 1.807) is 48.5 Å². The van der Waals surface area contributed by atoms with Gasteiger partial charge < -0.3 is 43.4 Å². The maximum Gasteiger partial charge on any atom is 0.338 e. The summed E-state index contributed by atoms with van der Waals surface area (Å²) in [5.41, 5.74) is 1.75. The zero-order valence-corrected chi connectivity index (χ0v) is 25.5. The molecule has 2 fully saturated rings. The largest absolute Gasteiger partial charge is 0.491 e. The molecule has 10 heteroatoms. The average molecular weight is 623 g/mol. The van der Waals surface area contributed by atoms with E-state index in [4.69, 9.17) is 33.2 Å². The minimum Gasteiger partial charge on any atom is -0.491 e. The molecule has 2 N–H and O–H groups in total. The van der Waals surface area contributed by atoms with Crippen LogP contribution in [0.3, 0.4) is 0 Å². The molecular formula is C35H42O10. The van der Waals surface area contributed by atoms with Crippen molar-refractivity contribution in [1.29, 1.82) is 0 Å². The fourth-order valence-electron chi connectivity index (χ4n) is 5.11. The van der Waals surface area contributed by atoms with E-state index in [-0.39, 0.29) is 44.6 Å². The Labute approximate surface area is 263 Å². The lowest BCUT2D eigenvalue weighted by atomic mass is 9.83. The van der Waals surface area contributed by atoms with Gasteiger partial charge in [0.15, 0.2) is 0 Å². The summed E-state index contributed by atoms with van der Waals surface area (Å²) in [7, 11) is 1.52. The van der Waals surface area contributed by atoms with Crippen LogP contribution in [0.5, 0.6) is 23.0 Å². The third-order valence-electron chi connectivity index (χ3n) is 7.74. The van der Waals surface area contributed by atoms with Crippen LogP contribution in [-0.2, 0) is 14.2 Å². The van der Waals surface area contributed by atoms with E-state index < -0.39 is 12.2 Å².